The molecule has 2 aliphatic rings. The molecule has 170 valence electrons. The van der Waals surface area contributed by atoms with Gasteiger partial charge in [0, 0.05) is 62.7 Å². The minimum Gasteiger partial charge on any atom is -0.383 e. The topological polar surface area (TPSA) is 87.9 Å². The van der Waals surface area contributed by atoms with Crippen LogP contribution in [0.1, 0.15) is 11.1 Å². The number of rotatable bonds is 7. The predicted molar refractivity (Wildman–Crippen MR) is 123 cm³/mol. The lowest BCUT2D eigenvalue weighted by Crippen LogP contribution is -2.61. The van der Waals surface area contributed by atoms with Crippen molar-refractivity contribution in [3.8, 4) is 0 Å². The Bertz CT molecular complexity index is 984. The highest BCUT2D eigenvalue weighted by molar-refractivity contribution is 6.30. The van der Waals surface area contributed by atoms with E-state index in [0.29, 0.717) is 24.6 Å². The molecule has 0 saturated carbocycles. The second-order valence-corrected chi connectivity index (χ2v) is 8.72. The zero-order chi connectivity index (χ0) is 22.7. The number of carbonyl (C=O) groups is 1. The van der Waals surface area contributed by atoms with Gasteiger partial charge in [-0.1, -0.05) is 23.7 Å². The van der Waals surface area contributed by atoms with Crippen molar-refractivity contribution < 1.29 is 14.5 Å². The normalized spacial score (nSPS) is 20.4. The number of fused-ring (bicyclic) bond motifs is 3. The molecule has 0 unspecified atom stereocenters. The zero-order valence-corrected chi connectivity index (χ0v) is 18.8. The monoisotopic (exact) mass is 458 g/mol. The van der Waals surface area contributed by atoms with E-state index in [9.17, 15) is 14.9 Å². The number of non-ortho nitro benzene ring substituents is 1. The second-order valence-electron chi connectivity index (χ2n) is 8.29. The molecule has 0 spiro atoms. The number of nitrogens with one attached hydrogen (secondary N) is 1. The van der Waals surface area contributed by atoms with Crippen molar-refractivity contribution in [2.75, 3.05) is 44.8 Å². The van der Waals surface area contributed by atoms with E-state index in [4.69, 9.17) is 16.3 Å². The van der Waals surface area contributed by atoms with Crippen molar-refractivity contribution in [2.24, 2.45) is 5.92 Å². The van der Waals surface area contributed by atoms with Gasteiger partial charge in [-0.2, -0.15) is 0 Å². The maximum atomic E-state index is 13.1. The fourth-order valence-corrected chi connectivity index (χ4v) is 4.81. The molecule has 0 bridgehead atoms. The number of nitro benzene ring substituents is 1. The Hall–Kier alpha value is -2.68. The van der Waals surface area contributed by atoms with E-state index in [0.717, 1.165) is 37.4 Å². The summed E-state index contributed by atoms with van der Waals surface area (Å²) < 4.78 is 5.06. The van der Waals surface area contributed by atoms with Crippen molar-refractivity contribution in [1.82, 2.24) is 10.2 Å². The lowest BCUT2D eigenvalue weighted by Gasteiger charge is -2.49. The van der Waals surface area contributed by atoms with Gasteiger partial charge in [-0.3, -0.25) is 19.8 Å². The summed E-state index contributed by atoms with van der Waals surface area (Å²) in [6.07, 6.45) is 0.478. The fraction of sp³-hybridized carbons (Fsp3) is 0.435. The third-order valence-electron chi connectivity index (χ3n) is 6.25. The summed E-state index contributed by atoms with van der Waals surface area (Å²) in [5.41, 5.74) is 3.08. The molecule has 1 saturated heterocycles. The van der Waals surface area contributed by atoms with Gasteiger partial charge in [0.05, 0.1) is 23.5 Å². The molecule has 1 amide bonds. The maximum absolute atomic E-state index is 13.1. The number of nitrogens with zero attached hydrogens (tertiary/aromatic N) is 3. The zero-order valence-electron chi connectivity index (χ0n) is 18.0. The summed E-state index contributed by atoms with van der Waals surface area (Å²) in [6, 6.07) is 12.8. The molecule has 1 fully saturated rings. The molecule has 0 radical (unpaired) electrons. The van der Waals surface area contributed by atoms with Crippen LogP contribution in [0.4, 0.5) is 11.4 Å². The third kappa shape index (κ3) is 4.87. The first-order chi connectivity index (χ1) is 15.5. The van der Waals surface area contributed by atoms with Crippen LogP contribution in [0.2, 0.25) is 5.02 Å². The first-order valence-electron chi connectivity index (χ1n) is 10.7. The van der Waals surface area contributed by atoms with Crippen molar-refractivity contribution in [3.05, 3.63) is 68.7 Å². The number of anilines is 1. The van der Waals surface area contributed by atoms with E-state index in [1.807, 2.05) is 30.3 Å². The molecule has 9 heteroatoms. The highest BCUT2D eigenvalue weighted by atomic mass is 35.5. The van der Waals surface area contributed by atoms with Crippen LogP contribution in [0, 0.1) is 16.0 Å². The number of ether oxygens (including phenoxy) is 1. The molecule has 2 aromatic carbocycles. The van der Waals surface area contributed by atoms with Gasteiger partial charge in [-0.25, -0.2) is 0 Å². The SMILES string of the molecule is COCCNC(=O)[C@H]1Cc2cc([N+](=O)[O-])ccc2N2CCN(Cc3ccc(Cl)cc3)C[C@H]12. The molecule has 32 heavy (non-hydrogen) atoms. The van der Waals surface area contributed by atoms with Crippen molar-refractivity contribution in [3.63, 3.8) is 0 Å². The number of halogens is 1. The van der Waals surface area contributed by atoms with Crippen molar-refractivity contribution >= 4 is 28.9 Å². The van der Waals surface area contributed by atoms with Gasteiger partial charge in [0.2, 0.25) is 5.91 Å². The quantitative estimate of drug-likeness (QED) is 0.390. The Labute approximate surface area is 192 Å². The minimum atomic E-state index is -0.385. The van der Waals surface area contributed by atoms with Gasteiger partial charge < -0.3 is 15.0 Å². The molecule has 2 aromatic rings. The molecule has 2 heterocycles. The number of hydrogen-bond acceptors (Lipinski definition) is 6. The first-order valence-corrected chi connectivity index (χ1v) is 11.1. The van der Waals surface area contributed by atoms with Gasteiger partial charge in [-0.15, -0.1) is 0 Å². The summed E-state index contributed by atoms with van der Waals surface area (Å²) in [5, 5.41) is 15.0. The lowest BCUT2D eigenvalue weighted by atomic mass is 9.83. The summed E-state index contributed by atoms with van der Waals surface area (Å²) in [7, 11) is 1.60. The molecular weight excluding hydrogens is 432 g/mol. The molecule has 0 aliphatic carbocycles. The van der Waals surface area contributed by atoms with Crippen LogP contribution in [0.25, 0.3) is 0 Å². The number of amides is 1. The van der Waals surface area contributed by atoms with Crippen LogP contribution in [-0.2, 0) is 22.5 Å². The number of hydrogen-bond donors (Lipinski definition) is 1. The molecular formula is C23H27ClN4O4. The van der Waals surface area contributed by atoms with E-state index < -0.39 is 0 Å². The Balaban J connectivity index is 1.57. The fourth-order valence-electron chi connectivity index (χ4n) is 4.68. The van der Waals surface area contributed by atoms with Crippen LogP contribution < -0.4 is 10.2 Å². The number of piperazine rings is 1. The molecule has 0 aromatic heterocycles. The molecule has 4 rings (SSSR count). The third-order valence-corrected chi connectivity index (χ3v) is 6.50. The van der Waals surface area contributed by atoms with Gasteiger partial charge in [0.15, 0.2) is 0 Å². The van der Waals surface area contributed by atoms with E-state index in [1.54, 1.807) is 19.2 Å². The number of carbonyl (C=O) groups excluding carboxylic acids is 1. The predicted octanol–water partition coefficient (Wildman–Crippen LogP) is 2.87. The summed E-state index contributed by atoms with van der Waals surface area (Å²) in [4.78, 5) is 28.6. The van der Waals surface area contributed by atoms with Gasteiger partial charge >= 0.3 is 0 Å². The van der Waals surface area contributed by atoms with Crippen LogP contribution in [0.5, 0.6) is 0 Å². The summed E-state index contributed by atoms with van der Waals surface area (Å²) in [6.45, 7) is 4.00. The summed E-state index contributed by atoms with van der Waals surface area (Å²) >= 11 is 6.01. The Morgan fingerprint density at radius 3 is 2.75 bits per heavy atom. The van der Waals surface area contributed by atoms with Gasteiger partial charge in [0.25, 0.3) is 5.69 Å². The van der Waals surface area contributed by atoms with Crippen LogP contribution in [0.3, 0.4) is 0 Å². The Morgan fingerprint density at radius 2 is 2.03 bits per heavy atom. The maximum Gasteiger partial charge on any atom is 0.269 e. The van der Waals surface area contributed by atoms with E-state index in [1.165, 1.54) is 5.56 Å². The first kappa shape index (κ1) is 22.5. The molecule has 8 nitrogen and oxygen atoms in total. The summed E-state index contributed by atoms with van der Waals surface area (Å²) in [5.74, 6) is -0.336. The van der Waals surface area contributed by atoms with Crippen molar-refractivity contribution in [1.29, 1.82) is 0 Å². The average Bonchev–Trinajstić information content (AvgIpc) is 2.79. The Morgan fingerprint density at radius 1 is 1.25 bits per heavy atom. The highest BCUT2D eigenvalue weighted by Crippen LogP contribution is 2.38. The van der Waals surface area contributed by atoms with Crippen molar-refractivity contribution in [2.45, 2.75) is 19.0 Å². The molecule has 1 N–H and O–H groups in total. The minimum absolute atomic E-state index is 0.00690. The number of methoxy groups -OCH3 is 1. The van der Waals surface area contributed by atoms with Crippen LogP contribution >= 0.6 is 11.6 Å². The van der Waals surface area contributed by atoms with Gasteiger partial charge in [-0.05, 0) is 35.7 Å². The van der Waals surface area contributed by atoms with Crippen LogP contribution in [0.15, 0.2) is 42.5 Å². The van der Waals surface area contributed by atoms with Gasteiger partial charge in [0.1, 0.15) is 0 Å². The van der Waals surface area contributed by atoms with E-state index in [-0.39, 0.29) is 28.5 Å². The lowest BCUT2D eigenvalue weighted by molar-refractivity contribution is -0.384. The smallest absolute Gasteiger partial charge is 0.269 e. The molecule has 2 atom stereocenters. The largest absolute Gasteiger partial charge is 0.383 e. The van der Waals surface area contributed by atoms with E-state index >= 15 is 0 Å². The molecule has 2 aliphatic heterocycles. The Kier molecular flexibility index (Phi) is 6.93. The van der Waals surface area contributed by atoms with Crippen LogP contribution in [-0.4, -0.2) is 61.7 Å². The average molecular weight is 459 g/mol. The number of nitro groups is 1. The highest BCUT2D eigenvalue weighted by Gasteiger charge is 2.41. The second kappa shape index (κ2) is 9.85. The standard InChI is InChI=1S/C23H27ClN4O4/c1-32-11-8-25-23(29)20-13-17-12-19(28(30)31)6-7-21(17)27-10-9-26(15-22(20)27)14-16-2-4-18(24)5-3-16/h2-7,12,20,22H,8-11,13-15H2,1H3,(H,25,29)/t20-,22+/m0/s1. The van der Waals surface area contributed by atoms with E-state index in [2.05, 4.69) is 15.1 Å². The number of benzene rings is 2.